The van der Waals surface area contributed by atoms with Gasteiger partial charge < -0.3 is 15.6 Å². The molecular weight excluding hydrogens is 214 g/mol. The minimum Gasteiger partial charge on any atom is -0.497 e. The van der Waals surface area contributed by atoms with Crippen LogP contribution in [0.4, 0.5) is 0 Å². The maximum atomic E-state index is 9.66. The van der Waals surface area contributed by atoms with Gasteiger partial charge in [0.2, 0.25) is 0 Å². The number of aliphatic hydroxyl groups is 1. The molecule has 0 fully saturated rings. The highest BCUT2D eigenvalue weighted by atomic mass is 16.5. The van der Waals surface area contributed by atoms with Crippen LogP contribution >= 0.6 is 0 Å². The van der Waals surface area contributed by atoms with Gasteiger partial charge >= 0.3 is 0 Å². The van der Waals surface area contributed by atoms with Crippen LogP contribution in [0.1, 0.15) is 36.8 Å². The van der Waals surface area contributed by atoms with Crippen molar-refractivity contribution in [3.05, 3.63) is 29.3 Å². The fourth-order valence-corrected chi connectivity index (χ4v) is 2.17. The summed E-state index contributed by atoms with van der Waals surface area (Å²) in [5.41, 5.74) is 7.95. The number of hydrogen-bond acceptors (Lipinski definition) is 3. The molecule has 0 heterocycles. The van der Waals surface area contributed by atoms with E-state index in [0.717, 1.165) is 18.6 Å². The molecule has 17 heavy (non-hydrogen) atoms. The molecule has 2 unspecified atom stereocenters. The highest BCUT2D eigenvalue weighted by Crippen LogP contribution is 2.29. The van der Waals surface area contributed by atoms with E-state index in [1.54, 1.807) is 7.11 Å². The lowest BCUT2D eigenvalue weighted by atomic mass is 9.88. The van der Waals surface area contributed by atoms with Crippen LogP contribution in [0, 0.1) is 6.92 Å². The predicted octanol–water partition coefficient (Wildman–Crippen LogP) is 2.21. The number of aryl methyl sites for hydroxylation is 1. The minimum atomic E-state index is -0.415. The molecule has 3 heteroatoms. The van der Waals surface area contributed by atoms with E-state index in [2.05, 4.69) is 19.9 Å². The fourth-order valence-electron chi connectivity index (χ4n) is 2.17. The lowest BCUT2D eigenvalue weighted by Crippen LogP contribution is -2.22. The van der Waals surface area contributed by atoms with E-state index >= 15 is 0 Å². The van der Waals surface area contributed by atoms with E-state index in [-0.39, 0.29) is 0 Å². The second-order valence-corrected chi connectivity index (χ2v) is 4.45. The van der Waals surface area contributed by atoms with E-state index in [1.807, 2.05) is 12.1 Å². The summed E-state index contributed by atoms with van der Waals surface area (Å²) in [7, 11) is 1.67. The zero-order valence-corrected chi connectivity index (χ0v) is 10.9. The molecule has 0 aliphatic carbocycles. The van der Waals surface area contributed by atoms with Crippen molar-refractivity contribution in [3.63, 3.8) is 0 Å². The summed E-state index contributed by atoms with van der Waals surface area (Å²) in [6.07, 6.45) is 1.31. The van der Waals surface area contributed by atoms with Crippen molar-refractivity contribution in [3.8, 4) is 5.75 Å². The van der Waals surface area contributed by atoms with Crippen molar-refractivity contribution >= 4 is 0 Å². The first-order valence-corrected chi connectivity index (χ1v) is 6.15. The van der Waals surface area contributed by atoms with Gasteiger partial charge in [-0.15, -0.1) is 0 Å². The van der Waals surface area contributed by atoms with Gasteiger partial charge in [-0.3, -0.25) is 0 Å². The van der Waals surface area contributed by atoms with Crippen LogP contribution in [0.15, 0.2) is 18.2 Å². The monoisotopic (exact) mass is 237 g/mol. The van der Waals surface area contributed by atoms with Gasteiger partial charge in [-0.2, -0.15) is 0 Å². The van der Waals surface area contributed by atoms with Gasteiger partial charge in [0.15, 0.2) is 0 Å². The molecule has 2 atom stereocenters. The fraction of sp³-hybridized carbons (Fsp3) is 0.571. The van der Waals surface area contributed by atoms with Crippen molar-refractivity contribution in [1.29, 1.82) is 0 Å². The van der Waals surface area contributed by atoms with Crippen LogP contribution in [0.2, 0.25) is 0 Å². The lowest BCUT2D eigenvalue weighted by molar-refractivity contribution is 0.162. The number of rotatable bonds is 6. The summed E-state index contributed by atoms with van der Waals surface area (Å²) >= 11 is 0. The van der Waals surface area contributed by atoms with E-state index in [1.165, 1.54) is 11.1 Å². The standard InChI is InChI=1S/C14H23NO2/c1-4-11(8-12(16)9-15)14-6-5-13(17-3)7-10(14)2/h5-7,11-12,16H,4,8-9,15H2,1-3H3. The molecule has 0 aliphatic heterocycles. The molecule has 0 bridgehead atoms. The molecule has 0 aliphatic rings. The third kappa shape index (κ3) is 3.72. The molecule has 0 spiro atoms. The average molecular weight is 237 g/mol. The molecular formula is C14H23NO2. The van der Waals surface area contributed by atoms with Crippen LogP contribution in [0.25, 0.3) is 0 Å². The number of methoxy groups -OCH3 is 1. The molecule has 3 nitrogen and oxygen atoms in total. The Kier molecular flexibility index (Phi) is 5.45. The smallest absolute Gasteiger partial charge is 0.119 e. The van der Waals surface area contributed by atoms with Gasteiger partial charge in [-0.1, -0.05) is 13.0 Å². The van der Waals surface area contributed by atoms with Gasteiger partial charge in [0.25, 0.3) is 0 Å². The van der Waals surface area contributed by atoms with Crippen LogP contribution in [-0.4, -0.2) is 24.9 Å². The summed E-state index contributed by atoms with van der Waals surface area (Å²) in [5.74, 6) is 1.24. The lowest BCUT2D eigenvalue weighted by Gasteiger charge is -2.20. The van der Waals surface area contributed by atoms with Crippen molar-refractivity contribution in [1.82, 2.24) is 0 Å². The second kappa shape index (κ2) is 6.62. The van der Waals surface area contributed by atoms with Crippen molar-refractivity contribution < 1.29 is 9.84 Å². The van der Waals surface area contributed by atoms with Crippen molar-refractivity contribution in [2.75, 3.05) is 13.7 Å². The Morgan fingerprint density at radius 2 is 2.12 bits per heavy atom. The van der Waals surface area contributed by atoms with E-state index < -0.39 is 6.10 Å². The molecule has 3 N–H and O–H groups in total. The van der Waals surface area contributed by atoms with Crippen LogP contribution in [0.3, 0.4) is 0 Å². The Bertz CT molecular complexity index is 352. The summed E-state index contributed by atoms with van der Waals surface area (Å²) in [6, 6.07) is 6.10. The molecule has 1 aromatic carbocycles. The molecule has 0 aromatic heterocycles. The quantitative estimate of drug-likeness (QED) is 0.797. The van der Waals surface area contributed by atoms with E-state index in [9.17, 15) is 5.11 Å². The zero-order chi connectivity index (χ0) is 12.8. The van der Waals surface area contributed by atoms with Gasteiger partial charge in [-0.25, -0.2) is 0 Å². The van der Waals surface area contributed by atoms with Crippen LogP contribution < -0.4 is 10.5 Å². The third-order valence-electron chi connectivity index (χ3n) is 3.24. The first kappa shape index (κ1) is 14.0. The van der Waals surface area contributed by atoms with Gasteiger partial charge in [0, 0.05) is 6.54 Å². The van der Waals surface area contributed by atoms with Crippen molar-refractivity contribution in [2.45, 2.75) is 38.7 Å². The SMILES string of the molecule is CCC(CC(O)CN)c1ccc(OC)cc1C. The third-order valence-corrected chi connectivity index (χ3v) is 3.24. The first-order valence-electron chi connectivity index (χ1n) is 6.15. The average Bonchev–Trinajstić information content (AvgIpc) is 2.35. The summed E-state index contributed by atoms with van der Waals surface area (Å²) in [6.45, 7) is 4.54. The Morgan fingerprint density at radius 1 is 1.41 bits per heavy atom. The number of hydrogen-bond donors (Lipinski definition) is 2. The molecule has 96 valence electrons. The van der Waals surface area contributed by atoms with Crippen LogP contribution in [-0.2, 0) is 0 Å². The number of aliphatic hydroxyl groups excluding tert-OH is 1. The summed E-state index contributed by atoms with van der Waals surface area (Å²) < 4.78 is 5.20. The highest BCUT2D eigenvalue weighted by molar-refractivity contribution is 5.36. The predicted molar refractivity (Wildman–Crippen MR) is 70.4 cm³/mol. The molecule has 0 saturated heterocycles. The Morgan fingerprint density at radius 3 is 2.59 bits per heavy atom. The topological polar surface area (TPSA) is 55.5 Å². The first-order chi connectivity index (χ1) is 8.12. The second-order valence-electron chi connectivity index (χ2n) is 4.45. The number of nitrogens with two attached hydrogens (primary N) is 1. The molecule has 0 saturated carbocycles. The maximum absolute atomic E-state index is 9.66. The maximum Gasteiger partial charge on any atom is 0.119 e. The minimum absolute atomic E-state index is 0.325. The number of benzene rings is 1. The van der Waals surface area contributed by atoms with E-state index in [4.69, 9.17) is 10.5 Å². The zero-order valence-electron chi connectivity index (χ0n) is 10.9. The van der Waals surface area contributed by atoms with Crippen LogP contribution in [0.5, 0.6) is 5.75 Å². The van der Waals surface area contributed by atoms with Crippen molar-refractivity contribution in [2.24, 2.45) is 5.73 Å². The van der Waals surface area contributed by atoms with E-state index in [0.29, 0.717) is 12.5 Å². The normalized spacial score (nSPS) is 14.4. The molecule has 1 aromatic rings. The Balaban J connectivity index is 2.88. The Hall–Kier alpha value is -1.06. The van der Waals surface area contributed by atoms with Gasteiger partial charge in [0.1, 0.15) is 5.75 Å². The number of ether oxygens (including phenoxy) is 1. The molecule has 0 radical (unpaired) electrons. The molecule has 0 amide bonds. The largest absolute Gasteiger partial charge is 0.497 e. The summed E-state index contributed by atoms with van der Waals surface area (Å²) in [4.78, 5) is 0. The Labute approximate surface area is 104 Å². The highest BCUT2D eigenvalue weighted by Gasteiger charge is 2.16. The van der Waals surface area contributed by atoms with Gasteiger partial charge in [0.05, 0.1) is 13.2 Å². The summed E-state index contributed by atoms with van der Waals surface area (Å²) in [5, 5.41) is 9.66. The molecule has 1 rings (SSSR count). The van der Waals surface area contributed by atoms with Gasteiger partial charge in [-0.05, 0) is 48.9 Å².